The van der Waals surface area contributed by atoms with Crippen molar-refractivity contribution in [3.8, 4) is 0 Å². The fourth-order valence-electron chi connectivity index (χ4n) is 0.496. The van der Waals surface area contributed by atoms with E-state index in [-0.39, 0.29) is 0 Å². The van der Waals surface area contributed by atoms with E-state index in [0.29, 0.717) is 11.7 Å². The third-order valence-corrected chi connectivity index (χ3v) is 2.97. The molecule has 0 aromatic carbocycles. The fourth-order valence-corrected chi connectivity index (χ4v) is 1.49. The van der Waals surface area contributed by atoms with Crippen molar-refractivity contribution in [2.75, 3.05) is 5.75 Å². The Balaban J connectivity index is 3.30. The summed E-state index contributed by atoms with van der Waals surface area (Å²) in [5.74, 6) is 2.17. The van der Waals surface area contributed by atoms with E-state index in [0.717, 1.165) is 5.25 Å². The van der Waals surface area contributed by atoms with E-state index in [9.17, 15) is 0 Å². The third-order valence-electron chi connectivity index (χ3n) is 1.59. The van der Waals surface area contributed by atoms with Crippen LogP contribution >= 0.6 is 11.8 Å². The Hall–Kier alpha value is 0.415. The summed E-state index contributed by atoms with van der Waals surface area (Å²) < 4.78 is 0. The summed E-state index contributed by atoms with van der Waals surface area (Å²) in [6, 6.07) is 0. The molecule has 0 aromatic heterocycles. The largest absolute Gasteiger partial charge is 0.159 e. The van der Waals surface area contributed by atoms with Crippen LogP contribution in [0.4, 0.5) is 0 Å². The van der Waals surface area contributed by atoms with Gasteiger partial charge in [-0.2, -0.15) is 11.8 Å². The first-order valence-corrected chi connectivity index (χ1v) is 4.96. The normalized spacial score (nSPS) is 17.3. The van der Waals surface area contributed by atoms with Crippen LogP contribution in [0.3, 0.4) is 0 Å². The summed E-state index contributed by atoms with van der Waals surface area (Å²) in [6.07, 6.45) is 0. The van der Waals surface area contributed by atoms with E-state index in [1.807, 2.05) is 11.8 Å². The predicted octanol–water partition coefficient (Wildman–Crippen LogP) is 2.74. The maximum atomic E-state index is 5.71. The van der Waals surface area contributed by atoms with Gasteiger partial charge in [0.15, 0.2) is 0 Å². The molecule has 2 atom stereocenters. The summed E-state index contributed by atoms with van der Waals surface area (Å²) in [7, 11) is 5.71. The summed E-state index contributed by atoms with van der Waals surface area (Å²) in [6.45, 7) is 8.72. The first kappa shape index (κ1) is 10.4. The first-order valence-electron chi connectivity index (χ1n) is 3.91. The Morgan fingerprint density at radius 2 is 1.70 bits per heavy atom. The second-order valence-electron chi connectivity index (χ2n) is 3.22. The molecule has 0 amide bonds. The van der Waals surface area contributed by atoms with Crippen LogP contribution in [0.5, 0.6) is 0 Å². The van der Waals surface area contributed by atoms with Crippen LogP contribution in [0.15, 0.2) is 0 Å². The molecule has 0 saturated heterocycles. The van der Waals surface area contributed by atoms with Gasteiger partial charge in [-0.25, -0.2) is 0 Å². The smallest absolute Gasteiger partial charge is 0.0699 e. The summed E-state index contributed by atoms with van der Waals surface area (Å²) in [4.78, 5) is 0. The first-order chi connectivity index (χ1) is 4.54. The Bertz CT molecular complexity index is 81.3. The van der Waals surface area contributed by atoms with Crippen LogP contribution < -0.4 is 0 Å². The van der Waals surface area contributed by atoms with Gasteiger partial charge in [-0.3, -0.25) is 0 Å². The van der Waals surface area contributed by atoms with Crippen molar-refractivity contribution in [3.63, 3.8) is 0 Å². The van der Waals surface area contributed by atoms with Crippen molar-refractivity contribution in [1.29, 1.82) is 0 Å². The quantitative estimate of drug-likeness (QED) is 0.564. The highest BCUT2D eigenvalue weighted by molar-refractivity contribution is 7.99. The van der Waals surface area contributed by atoms with Crippen molar-refractivity contribution in [3.05, 3.63) is 0 Å². The lowest BCUT2D eigenvalue weighted by molar-refractivity contribution is 0.635. The van der Waals surface area contributed by atoms with Crippen LogP contribution in [0.25, 0.3) is 0 Å². The molecule has 2 heteroatoms. The van der Waals surface area contributed by atoms with E-state index in [2.05, 4.69) is 27.7 Å². The highest BCUT2D eigenvalue weighted by Crippen LogP contribution is 2.21. The van der Waals surface area contributed by atoms with Crippen LogP contribution in [0.2, 0.25) is 5.82 Å². The molecule has 0 saturated carbocycles. The maximum Gasteiger partial charge on any atom is 0.0699 e. The Morgan fingerprint density at radius 3 is 2.00 bits per heavy atom. The summed E-state index contributed by atoms with van der Waals surface area (Å²) >= 11 is 1.99. The predicted molar refractivity (Wildman–Crippen MR) is 51.9 cm³/mol. The SMILES string of the molecule is [B]C(C)C(C)CSC(C)C. The van der Waals surface area contributed by atoms with Crippen LogP contribution in [-0.4, -0.2) is 18.8 Å². The Morgan fingerprint density at radius 1 is 1.20 bits per heavy atom. The molecule has 0 nitrogen and oxygen atoms in total. The molecule has 2 radical (unpaired) electrons. The molecular formula is C8H17BS. The highest BCUT2D eigenvalue weighted by Gasteiger charge is 2.06. The maximum absolute atomic E-state index is 5.71. The standard InChI is InChI=1S/C8H17BS/c1-6(2)10-5-7(3)8(4)9/h6-8H,5H2,1-4H3. The minimum Gasteiger partial charge on any atom is -0.159 e. The second-order valence-corrected chi connectivity index (χ2v) is 4.83. The van der Waals surface area contributed by atoms with E-state index < -0.39 is 0 Å². The molecule has 0 bridgehead atoms. The lowest BCUT2D eigenvalue weighted by atomic mass is 9.80. The van der Waals surface area contributed by atoms with Crippen LogP contribution in [-0.2, 0) is 0 Å². The van der Waals surface area contributed by atoms with Gasteiger partial charge in [0, 0.05) is 0 Å². The van der Waals surface area contributed by atoms with Gasteiger partial charge in [0.1, 0.15) is 0 Å². The minimum absolute atomic E-state index is 0.339. The van der Waals surface area contributed by atoms with Gasteiger partial charge in [-0.15, -0.1) is 0 Å². The molecule has 0 aliphatic heterocycles. The van der Waals surface area contributed by atoms with Gasteiger partial charge in [0.25, 0.3) is 0 Å². The van der Waals surface area contributed by atoms with E-state index >= 15 is 0 Å². The zero-order valence-electron chi connectivity index (χ0n) is 7.42. The van der Waals surface area contributed by atoms with Gasteiger partial charge < -0.3 is 0 Å². The van der Waals surface area contributed by atoms with Crippen LogP contribution in [0, 0.1) is 5.92 Å². The molecule has 0 aromatic rings. The number of rotatable bonds is 4. The molecule has 0 spiro atoms. The summed E-state index contributed by atoms with van der Waals surface area (Å²) in [5.41, 5.74) is 0. The van der Waals surface area contributed by atoms with Crippen molar-refractivity contribution in [2.24, 2.45) is 5.92 Å². The topological polar surface area (TPSA) is 0 Å². The molecule has 0 N–H and O–H groups in total. The second kappa shape index (κ2) is 5.12. The molecule has 2 unspecified atom stereocenters. The highest BCUT2D eigenvalue weighted by atomic mass is 32.2. The van der Waals surface area contributed by atoms with Crippen molar-refractivity contribution < 1.29 is 0 Å². The van der Waals surface area contributed by atoms with Gasteiger partial charge >= 0.3 is 0 Å². The van der Waals surface area contributed by atoms with E-state index in [1.54, 1.807) is 0 Å². The lowest BCUT2D eigenvalue weighted by Crippen LogP contribution is -2.06. The van der Waals surface area contributed by atoms with Crippen molar-refractivity contribution >= 4 is 19.6 Å². The molecular weight excluding hydrogens is 139 g/mol. The molecule has 10 heavy (non-hydrogen) atoms. The summed E-state index contributed by atoms with van der Waals surface area (Å²) in [5, 5.41) is 0.737. The molecule has 0 aliphatic carbocycles. The van der Waals surface area contributed by atoms with Gasteiger partial charge in [0.2, 0.25) is 0 Å². The average molecular weight is 156 g/mol. The van der Waals surface area contributed by atoms with Gasteiger partial charge in [-0.05, 0) is 16.9 Å². The van der Waals surface area contributed by atoms with Crippen LogP contribution in [0.1, 0.15) is 27.7 Å². The van der Waals surface area contributed by atoms with E-state index in [4.69, 9.17) is 7.85 Å². The van der Waals surface area contributed by atoms with Crippen molar-refractivity contribution in [2.45, 2.75) is 38.8 Å². The molecule has 0 aliphatic rings. The van der Waals surface area contributed by atoms with Gasteiger partial charge in [-0.1, -0.05) is 33.5 Å². The number of hydrogen-bond donors (Lipinski definition) is 0. The minimum atomic E-state index is 0.339. The number of thioether (sulfide) groups is 1. The number of hydrogen-bond acceptors (Lipinski definition) is 1. The van der Waals surface area contributed by atoms with Gasteiger partial charge in [0.05, 0.1) is 7.85 Å². The molecule has 0 fully saturated rings. The lowest BCUT2D eigenvalue weighted by Gasteiger charge is -2.16. The third kappa shape index (κ3) is 5.22. The zero-order valence-corrected chi connectivity index (χ0v) is 8.24. The average Bonchev–Trinajstić information content (AvgIpc) is 1.82. The van der Waals surface area contributed by atoms with Crippen molar-refractivity contribution in [1.82, 2.24) is 0 Å². The Labute approximate surface area is 70.6 Å². The molecule has 58 valence electrons. The molecule has 0 heterocycles. The monoisotopic (exact) mass is 156 g/mol. The fraction of sp³-hybridized carbons (Fsp3) is 1.00. The zero-order chi connectivity index (χ0) is 8.15. The van der Waals surface area contributed by atoms with E-state index in [1.165, 1.54) is 5.75 Å². The molecule has 0 rings (SSSR count). The Kier molecular flexibility index (Phi) is 5.33.